The largest absolute Gasteiger partial charge is 0.371 e. The third-order valence-electron chi connectivity index (χ3n) is 6.27. The van der Waals surface area contributed by atoms with Crippen LogP contribution in [0.1, 0.15) is 40.0 Å². The van der Waals surface area contributed by atoms with Gasteiger partial charge in [-0.3, -0.25) is 9.59 Å². The molecule has 1 fully saturated rings. The molecule has 4 rings (SSSR count). The average molecular weight is 471 g/mol. The summed E-state index contributed by atoms with van der Waals surface area (Å²) in [5, 5.41) is 6.02. The van der Waals surface area contributed by atoms with E-state index in [0.717, 1.165) is 55.7 Å². The van der Waals surface area contributed by atoms with Crippen molar-refractivity contribution >= 4 is 23.2 Å². The summed E-state index contributed by atoms with van der Waals surface area (Å²) < 4.78 is 0. The van der Waals surface area contributed by atoms with E-state index in [-0.39, 0.29) is 11.8 Å². The Hall–Kier alpha value is -3.64. The molecule has 1 heterocycles. The summed E-state index contributed by atoms with van der Waals surface area (Å²) in [5.74, 6) is -0.301. The van der Waals surface area contributed by atoms with E-state index in [0.29, 0.717) is 23.4 Å². The van der Waals surface area contributed by atoms with E-state index >= 15 is 0 Å². The molecule has 3 aromatic rings. The lowest BCUT2D eigenvalue weighted by atomic mass is 10.0. The summed E-state index contributed by atoms with van der Waals surface area (Å²) in [5.41, 5.74) is 4.89. The van der Waals surface area contributed by atoms with Crippen molar-refractivity contribution in [3.8, 4) is 11.1 Å². The van der Waals surface area contributed by atoms with E-state index in [2.05, 4.69) is 20.4 Å². The summed E-state index contributed by atoms with van der Waals surface area (Å²) in [6.45, 7) is 3.42. The maximum absolute atomic E-state index is 13.1. The number of hydrogen-bond acceptors (Lipinski definition) is 4. The zero-order valence-electron chi connectivity index (χ0n) is 20.6. The Morgan fingerprint density at radius 3 is 2.23 bits per heavy atom. The van der Waals surface area contributed by atoms with Crippen molar-refractivity contribution in [2.24, 2.45) is 0 Å². The topological polar surface area (TPSA) is 64.7 Å². The third-order valence-corrected chi connectivity index (χ3v) is 6.27. The van der Waals surface area contributed by atoms with Crippen LogP contribution < -0.4 is 15.5 Å². The number of benzene rings is 3. The monoisotopic (exact) mass is 470 g/mol. The Morgan fingerprint density at radius 1 is 0.857 bits per heavy atom. The van der Waals surface area contributed by atoms with E-state index in [1.54, 1.807) is 6.07 Å². The highest BCUT2D eigenvalue weighted by Gasteiger charge is 2.20. The molecular formula is C29H34N4O2. The average Bonchev–Trinajstić information content (AvgIpc) is 3.42. The van der Waals surface area contributed by atoms with Crippen molar-refractivity contribution in [3.05, 3.63) is 83.9 Å². The predicted octanol–water partition coefficient (Wildman–Crippen LogP) is 4.89. The number of hydrogen-bond donors (Lipinski definition) is 2. The van der Waals surface area contributed by atoms with Crippen LogP contribution in [-0.4, -0.2) is 57.0 Å². The summed E-state index contributed by atoms with van der Waals surface area (Å²) >= 11 is 0. The van der Waals surface area contributed by atoms with Crippen molar-refractivity contribution in [2.75, 3.05) is 50.5 Å². The van der Waals surface area contributed by atoms with Crippen LogP contribution in [-0.2, 0) is 0 Å². The van der Waals surface area contributed by atoms with Gasteiger partial charge in [-0.25, -0.2) is 0 Å². The molecular weight excluding hydrogens is 436 g/mol. The number of rotatable bonds is 9. The highest BCUT2D eigenvalue weighted by molar-refractivity contribution is 6.06. The first-order chi connectivity index (χ1) is 17.0. The molecule has 2 amide bonds. The fraction of sp³-hybridized carbons (Fsp3) is 0.310. The van der Waals surface area contributed by atoms with E-state index in [1.807, 2.05) is 80.8 Å². The highest BCUT2D eigenvalue weighted by atomic mass is 16.2. The Bertz CT molecular complexity index is 1140. The zero-order chi connectivity index (χ0) is 24.6. The SMILES string of the molecule is CN(C)CCCNC(=O)c1cc(NC(=O)c2ccc(-c3ccccc3)cc2)ccc1N1CCCC1. The molecule has 6 nitrogen and oxygen atoms in total. The lowest BCUT2D eigenvalue weighted by Crippen LogP contribution is -2.29. The van der Waals surface area contributed by atoms with Gasteiger partial charge in [0, 0.05) is 36.6 Å². The van der Waals surface area contributed by atoms with Crippen LogP contribution in [0.15, 0.2) is 72.8 Å². The maximum atomic E-state index is 13.1. The molecule has 0 aromatic heterocycles. The number of nitrogens with one attached hydrogen (secondary N) is 2. The molecule has 0 unspecified atom stereocenters. The van der Waals surface area contributed by atoms with Gasteiger partial charge in [0.15, 0.2) is 0 Å². The first kappa shape index (κ1) is 24.5. The Balaban J connectivity index is 1.48. The van der Waals surface area contributed by atoms with Crippen LogP contribution >= 0.6 is 0 Å². The van der Waals surface area contributed by atoms with Gasteiger partial charge in [0.25, 0.3) is 11.8 Å². The van der Waals surface area contributed by atoms with Gasteiger partial charge in [0.1, 0.15) is 0 Å². The minimum Gasteiger partial charge on any atom is -0.371 e. The standard InChI is InChI=1S/C29H34N4O2/c1-32(2)18-8-17-30-29(35)26-21-25(15-16-27(26)33-19-6-7-20-33)31-28(34)24-13-11-23(12-14-24)22-9-4-3-5-10-22/h3-5,9-16,21H,6-8,17-20H2,1-2H3,(H,30,35)(H,31,34). The number of carbonyl (C=O) groups is 2. The van der Waals surface area contributed by atoms with Gasteiger partial charge in [-0.05, 0) is 81.4 Å². The normalized spacial score (nSPS) is 13.2. The van der Waals surface area contributed by atoms with E-state index in [1.165, 1.54) is 0 Å². The lowest BCUT2D eigenvalue weighted by Gasteiger charge is -2.22. The second kappa shape index (κ2) is 11.7. The Kier molecular flexibility index (Phi) is 8.16. The fourth-order valence-electron chi connectivity index (χ4n) is 4.37. The van der Waals surface area contributed by atoms with Crippen molar-refractivity contribution in [2.45, 2.75) is 19.3 Å². The predicted molar refractivity (Wildman–Crippen MR) is 143 cm³/mol. The van der Waals surface area contributed by atoms with Gasteiger partial charge >= 0.3 is 0 Å². The molecule has 0 bridgehead atoms. The molecule has 0 aliphatic carbocycles. The molecule has 35 heavy (non-hydrogen) atoms. The first-order valence-electron chi connectivity index (χ1n) is 12.3. The van der Waals surface area contributed by atoms with E-state index < -0.39 is 0 Å². The summed E-state index contributed by atoms with van der Waals surface area (Å²) in [6, 6.07) is 23.3. The van der Waals surface area contributed by atoms with Crippen LogP contribution in [0.3, 0.4) is 0 Å². The van der Waals surface area contributed by atoms with Gasteiger partial charge < -0.3 is 20.4 Å². The van der Waals surface area contributed by atoms with Crippen molar-refractivity contribution in [1.29, 1.82) is 0 Å². The van der Waals surface area contributed by atoms with Gasteiger partial charge in [-0.2, -0.15) is 0 Å². The van der Waals surface area contributed by atoms with Gasteiger partial charge in [-0.15, -0.1) is 0 Å². The fourth-order valence-corrected chi connectivity index (χ4v) is 4.37. The number of amides is 2. The molecule has 1 saturated heterocycles. The number of carbonyl (C=O) groups excluding carboxylic acids is 2. The molecule has 1 aliphatic heterocycles. The molecule has 3 aromatic carbocycles. The van der Waals surface area contributed by atoms with Crippen molar-refractivity contribution in [1.82, 2.24) is 10.2 Å². The molecule has 6 heteroatoms. The minimum atomic E-state index is -0.198. The van der Waals surface area contributed by atoms with Crippen LogP contribution in [0.5, 0.6) is 0 Å². The Labute approximate surface area is 207 Å². The molecule has 1 aliphatic rings. The van der Waals surface area contributed by atoms with E-state index in [4.69, 9.17) is 0 Å². The summed E-state index contributed by atoms with van der Waals surface area (Å²) in [6.07, 6.45) is 3.13. The third kappa shape index (κ3) is 6.49. The molecule has 182 valence electrons. The molecule has 0 saturated carbocycles. The first-order valence-corrected chi connectivity index (χ1v) is 12.3. The van der Waals surface area contributed by atoms with Crippen molar-refractivity contribution in [3.63, 3.8) is 0 Å². The lowest BCUT2D eigenvalue weighted by molar-refractivity contribution is 0.0951. The van der Waals surface area contributed by atoms with Crippen LogP contribution in [0, 0.1) is 0 Å². The van der Waals surface area contributed by atoms with Crippen LogP contribution in [0.25, 0.3) is 11.1 Å². The number of nitrogens with zero attached hydrogens (tertiary/aromatic N) is 2. The number of anilines is 2. The quantitative estimate of drug-likeness (QED) is 0.437. The minimum absolute atomic E-state index is 0.103. The van der Waals surface area contributed by atoms with Gasteiger partial charge in [0.2, 0.25) is 0 Å². The second-order valence-corrected chi connectivity index (χ2v) is 9.24. The molecule has 0 spiro atoms. The van der Waals surface area contributed by atoms with Crippen LogP contribution in [0.4, 0.5) is 11.4 Å². The van der Waals surface area contributed by atoms with Crippen LogP contribution in [0.2, 0.25) is 0 Å². The summed E-state index contributed by atoms with van der Waals surface area (Å²) in [4.78, 5) is 30.4. The smallest absolute Gasteiger partial charge is 0.255 e. The molecule has 0 atom stereocenters. The van der Waals surface area contributed by atoms with Crippen molar-refractivity contribution < 1.29 is 9.59 Å². The van der Waals surface area contributed by atoms with Gasteiger partial charge in [0.05, 0.1) is 5.56 Å². The Morgan fingerprint density at radius 2 is 1.54 bits per heavy atom. The maximum Gasteiger partial charge on any atom is 0.255 e. The molecule has 0 radical (unpaired) electrons. The van der Waals surface area contributed by atoms with Gasteiger partial charge in [-0.1, -0.05) is 42.5 Å². The van der Waals surface area contributed by atoms with E-state index in [9.17, 15) is 9.59 Å². The summed E-state index contributed by atoms with van der Waals surface area (Å²) in [7, 11) is 4.04. The second-order valence-electron chi connectivity index (χ2n) is 9.24. The molecule has 2 N–H and O–H groups in total. The highest BCUT2D eigenvalue weighted by Crippen LogP contribution is 2.28. The zero-order valence-corrected chi connectivity index (χ0v) is 20.6.